The normalized spacial score (nSPS) is 19.7. The summed E-state index contributed by atoms with van der Waals surface area (Å²) < 4.78 is 14.9. The Hall–Kier alpha value is -2.29. The molecule has 2 fully saturated rings. The van der Waals surface area contributed by atoms with Gasteiger partial charge in [0.2, 0.25) is 5.91 Å². The number of thiophene rings is 1. The van der Waals surface area contributed by atoms with E-state index in [1.54, 1.807) is 11.3 Å². The summed E-state index contributed by atoms with van der Waals surface area (Å²) in [6.07, 6.45) is 1.82. The molecule has 1 atom stereocenters. The first-order chi connectivity index (χ1) is 14.5. The standard InChI is InChI=1S/C22H25N3O4S/c1-3-16(20(26)24-10-8-22(9-11-24)28-12-13-29-22)25-21(27)18-15-6-4-5-7-17(15)30-19(18)14(2)23-25/h4-7,16H,3,8-13H2,1-2H3. The molecule has 1 aromatic carbocycles. The van der Waals surface area contributed by atoms with Crippen LogP contribution in [0.1, 0.15) is 37.9 Å². The Bertz CT molecular complexity index is 1170. The van der Waals surface area contributed by atoms with Crippen molar-refractivity contribution >= 4 is 37.4 Å². The molecule has 0 N–H and O–H groups in total. The van der Waals surface area contributed by atoms with Crippen LogP contribution in [0.3, 0.4) is 0 Å². The van der Waals surface area contributed by atoms with Crippen molar-refractivity contribution in [1.29, 1.82) is 0 Å². The van der Waals surface area contributed by atoms with Crippen molar-refractivity contribution in [3.63, 3.8) is 0 Å². The van der Waals surface area contributed by atoms with Crippen LogP contribution < -0.4 is 5.56 Å². The van der Waals surface area contributed by atoms with Gasteiger partial charge >= 0.3 is 0 Å². The van der Waals surface area contributed by atoms with Crippen LogP contribution in [-0.4, -0.2) is 52.7 Å². The molecular formula is C22H25N3O4S. The molecule has 1 amide bonds. The number of rotatable bonds is 3. The van der Waals surface area contributed by atoms with Crippen molar-refractivity contribution in [3.8, 4) is 0 Å². The molecule has 1 unspecified atom stereocenters. The second-order valence-corrected chi connectivity index (χ2v) is 9.05. The minimum absolute atomic E-state index is 0.0572. The highest BCUT2D eigenvalue weighted by atomic mass is 32.1. The molecule has 3 aromatic rings. The van der Waals surface area contributed by atoms with Gasteiger partial charge in [0.25, 0.3) is 5.56 Å². The number of aryl methyl sites for hydroxylation is 1. The lowest BCUT2D eigenvalue weighted by Gasteiger charge is -2.38. The Labute approximate surface area is 178 Å². The zero-order valence-electron chi connectivity index (χ0n) is 17.2. The van der Waals surface area contributed by atoms with Crippen molar-refractivity contribution in [1.82, 2.24) is 14.7 Å². The van der Waals surface area contributed by atoms with Gasteiger partial charge in [-0.3, -0.25) is 9.59 Å². The van der Waals surface area contributed by atoms with Gasteiger partial charge in [-0.1, -0.05) is 25.1 Å². The molecule has 2 aliphatic heterocycles. The monoisotopic (exact) mass is 427 g/mol. The SMILES string of the molecule is CCC(C(=O)N1CCC2(CC1)OCCO2)n1nc(C)c2sc3ccccc3c2c1=O. The summed E-state index contributed by atoms with van der Waals surface area (Å²) in [5.74, 6) is -0.586. The fourth-order valence-electron chi connectivity index (χ4n) is 4.61. The average Bonchev–Trinajstić information content (AvgIpc) is 3.38. The number of hydrogen-bond donors (Lipinski definition) is 0. The quantitative estimate of drug-likeness (QED) is 0.642. The van der Waals surface area contributed by atoms with E-state index in [1.165, 1.54) is 4.68 Å². The number of hydrogen-bond acceptors (Lipinski definition) is 6. The highest BCUT2D eigenvalue weighted by Crippen LogP contribution is 2.34. The predicted octanol–water partition coefficient (Wildman–Crippen LogP) is 3.24. The number of ether oxygens (including phenoxy) is 2. The Kier molecular flexibility index (Phi) is 4.88. The lowest BCUT2D eigenvalue weighted by atomic mass is 10.0. The van der Waals surface area contributed by atoms with Gasteiger partial charge in [-0.2, -0.15) is 5.10 Å². The van der Waals surface area contributed by atoms with E-state index in [-0.39, 0.29) is 11.5 Å². The van der Waals surface area contributed by atoms with Crippen molar-refractivity contribution < 1.29 is 14.3 Å². The lowest BCUT2D eigenvalue weighted by molar-refractivity contribution is -0.188. The number of piperidine rings is 1. The molecule has 8 heteroatoms. The molecule has 7 nitrogen and oxygen atoms in total. The smallest absolute Gasteiger partial charge is 0.276 e. The molecule has 1 spiro atoms. The zero-order valence-corrected chi connectivity index (χ0v) is 18.0. The van der Waals surface area contributed by atoms with E-state index < -0.39 is 11.8 Å². The van der Waals surface area contributed by atoms with Crippen molar-refractivity contribution in [3.05, 3.63) is 40.3 Å². The number of amides is 1. The second-order valence-electron chi connectivity index (χ2n) is 7.99. The number of nitrogens with zero attached hydrogens (tertiary/aromatic N) is 3. The highest BCUT2D eigenvalue weighted by molar-refractivity contribution is 7.26. The number of likely N-dealkylation sites (tertiary alicyclic amines) is 1. The molecule has 0 radical (unpaired) electrons. The van der Waals surface area contributed by atoms with E-state index >= 15 is 0 Å². The summed E-state index contributed by atoms with van der Waals surface area (Å²) in [5, 5.41) is 6.17. The summed E-state index contributed by atoms with van der Waals surface area (Å²) in [5.41, 5.74) is 0.589. The van der Waals surface area contributed by atoms with Crippen molar-refractivity contribution in [2.24, 2.45) is 0 Å². The molecule has 2 aliphatic rings. The van der Waals surface area contributed by atoms with Gasteiger partial charge in [-0.25, -0.2) is 4.68 Å². The molecule has 30 heavy (non-hydrogen) atoms. The largest absolute Gasteiger partial charge is 0.347 e. The van der Waals surface area contributed by atoms with Crippen LogP contribution in [0.5, 0.6) is 0 Å². The molecule has 0 bridgehead atoms. The maximum atomic E-state index is 13.4. The average molecular weight is 428 g/mol. The van der Waals surface area contributed by atoms with Gasteiger partial charge in [0.1, 0.15) is 6.04 Å². The summed E-state index contributed by atoms with van der Waals surface area (Å²) in [7, 11) is 0. The van der Waals surface area contributed by atoms with E-state index in [4.69, 9.17) is 9.47 Å². The number of carbonyl (C=O) groups is 1. The molecule has 158 valence electrons. The third-order valence-corrected chi connectivity index (χ3v) is 7.50. The lowest BCUT2D eigenvalue weighted by Crippen LogP contribution is -2.50. The van der Waals surface area contributed by atoms with Crippen molar-refractivity contribution in [2.45, 2.75) is 44.9 Å². The Balaban J connectivity index is 1.50. The van der Waals surface area contributed by atoms with Crippen LogP contribution >= 0.6 is 11.3 Å². The first kappa shape index (κ1) is 19.7. The number of carbonyl (C=O) groups excluding carboxylic acids is 1. The molecule has 4 heterocycles. The van der Waals surface area contributed by atoms with E-state index in [0.717, 1.165) is 20.5 Å². The van der Waals surface area contributed by atoms with Crippen LogP contribution in [0.25, 0.3) is 20.2 Å². The fourth-order valence-corrected chi connectivity index (χ4v) is 5.74. The van der Waals surface area contributed by atoms with Crippen LogP contribution in [0.15, 0.2) is 29.1 Å². The zero-order chi connectivity index (χ0) is 20.9. The maximum Gasteiger partial charge on any atom is 0.276 e. The van der Waals surface area contributed by atoms with Crippen molar-refractivity contribution in [2.75, 3.05) is 26.3 Å². The van der Waals surface area contributed by atoms with E-state index in [2.05, 4.69) is 5.10 Å². The van der Waals surface area contributed by atoms with Crippen LogP contribution in [0.2, 0.25) is 0 Å². The summed E-state index contributed by atoms with van der Waals surface area (Å²) in [6, 6.07) is 7.28. The Morgan fingerprint density at radius 2 is 1.93 bits per heavy atom. The maximum absolute atomic E-state index is 13.4. The molecular weight excluding hydrogens is 402 g/mol. The molecule has 5 rings (SSSR count). The molecule has 2 aromatic heterocycles. The summed E-state index contributed by atoms with van der Waals surface area (Å²) in [4.78, 5) is 28.6. The molecule has 2 saturated heterocycles. The topological polar surface area (TPSA) is 73.7 Å². The minimum atomic E-state index is -0.612. The highest BCUT2D eigenvalue weighted by Gasteiger charge is 2.42. The number of aromatic nitrogens is 2. The first-order valence-electron chi connectivity index (χ1n) is 10.5. The van der Waals surface area contributed by atoms with Gasteiger partial charge < -0.3 is 14.4 Å². The van der Waals surface area contributed by atoms with E-state index in [1.807, 2.05) is 43.0 Å². The predicted molar refractivity (Wildman–Crippen MR) is 116 cm³/mol. The first-order valence-corrected chi connectivity index (χ1v) is 11.3. The minimum Gasteiger partial charge on any atom is -0.347 e. The van der Waals surface area contributed by atoms with Gasteiger partial charge in [0.05, 0.1) is 29.0 Å². The summed E-state index contributed by atoms with van der Waals surface area (Å²) >= 11 is 1.58. The van der Waals surface area contributed by atoms with Gasteiger partial charge in [-0.15, -0.1) is 11.3 Å². The fraction of sp³-hybridized carbons (Fsp3) is 0.500. The van der Waals surface area contributed by atoms with Gasteiger partial charge in [0.15, 0.2) is 5.79 Å². The van der Waals surface area contributed by atoms with Gasteiger partial charge in [0, 0.05) is 36.0 Å². The summed E-state index contributed by atoms with van der Waals surface area (Å²) in [6.45, 7) is 6.18. The van der Waals surface area contributed by atoms with Crippen LogP contribution in [0, 0.1) is 6.92 Å². The van der Waals surface area contributed by atoms with E-state index in [0.29, 0.717) is 51.0 Å². The second kappa shape index (κ2) is 7.44. The third-order valence-electron chi connectivity index (χ3n) is 6.22. The number of fused-ring (bicyclic) bond motifs is 3. The third kappa shape index (κ3) is 3.05. The molecule has 0 aliphatic carbocycles. The Morgan fingerprint density at radius 3 is 2.63 bits per heavy atom. The van der Waals surface area contributed by atoms with E-state index in [9.17, 15) is 9.59 Å². The number of benzene rings is 1. The molecule has 0 saturated carbocycles. The Morgan fingerprint density at radius 1 is 1.23 bits per heavy atom. The van der Waals surface area contributed by atoms with Crippen LogP contribution in [-0.2, 0) is 14.3 Å². The van der Waals surface area contributed by atoms with Gasteiger partial charge in [-0.05, 0) is 19.4 Å². The van der Waals surface area contributed by atoms with Crippen LogP contribution in [0.4, 0.5) is 0 Å².